The van der Waals surface area contributed by atoms with Gasteiger partial charge in [0.25, 0.3) is 0 Å². The number of pyridine rings is 1. The summed E-state index contributed by atoms with van der Waals surface area (Å²) in [6.07, 6.45) is 8.24. The van der Waals surface area contributed by atoms with Gasteiger partial charge in [-0.3, -0.25) is 14.1 Å². The SMILES string of the molecule is c1cnc(-n2c3ccccc3c3c4ncccc4n(-c4ncncn4)c32)nc1. The summed E-state index contributed by atoms with van der Waals surface area (Å²) in [5, 5.41) is 2.08. The van der Waals surface area contributed by atoms with Crippen LogP contribution in [-0.2, 0) is 0 Å². The van der Waals surface area contributed by atoms with Crippen molar-refractivity contribution >= 4 is 33.0 Å². The third-order valence-electron chi connectivity index (χ3n) is 4.76. The Morgan fingerprint density at radius 1 is 0.607 bits per heavy atom. The van der Waals surface area contributed by atoms with Gasteiger partial charge in [0.1, 0.15) is 18.3 Å². The molecule has 0 spiro atoms. The average Bonchev–Trinajstić information content (AvgIpc) is 3.27. The summed E-state index contributed by atoms with van der Waals surface area (Å²) in [7, 11) is 0. The first-order valence-electron chi connectivity index (χ1n) is 8.72. The average molecular weight is 364 g/mol. The largest absolute Gasteiger partial charge is 0.263 e. The van der Waals surface area contributed by atoms with E-state index in [0.29, 0.717) is 11.9 Å². The van der Waals surface area contributed by atoms with E-state index in [-0.39, 0.29) is 0 Å². The van der Waals surface area contributed by atoms with Gasteiger partial charge in [0, 0.05) is 24.0 Å². The lowest BCUT2D eigenvalue weighted by molar-refractivity contribution is 0.902. The molecule has 6 aromatic rings. The molecule has 8 nitrogen and oxygen atoms in total. The molecule has 6 rings (SSSR count). The zero-order valence-corrected chi connectivity index (χ0v) is 14.5. The van der Waals surface area contributed by atoms with E-state index >= 15 is 0 Å². The summed E-state index contributed by atoms with van der Waals surface area (Å²) < 4.78 is 4.01. The van der Waals surface area contributed by atoms with E-state index in [0.717, 1.165) is 33.0 Å². The highest BCUT2D eigenvalue weighted by molar-refractivity contribution is 6.20. The van der Waals surface area contributed by atoms with Gasteiger partial charge in [-0.2, -0.15) is 0 Å². The highest BCUT2D eigenvalue weighted by Gasteiger charge is 2.24. The van der Waals surface area contributed by atoms with Gasteiger partial charge in [-0.15, -0.1) is 0 Å². The monoisotopic (exact) mass is 364 g/mol. The van der Waals surface area contributed by atoms with Gasteiger partial charge in [0.15, 0.2) is 0 Å². The van der Waals surface area contributed by atoms with E-state index in [1.807, 2.05) is 33.4 Å². The van der Waals surface area contributed by atoms with Crippen LogP contribution in [0.25, 0.3) is 44.9 Å². The predicted octanol–water partition coefficient (Wildman–Crippen LogP) is 3.10. The quantitative estimate of drug-likeness (QED) is 0.469. The van der Waals surface area contributed by atoms with Crippen molar-refractivity contribution in [3.05, 3.63) is 73.7 Å². The number of nitrogens with zero attached hydrogens (tertiary/aromatic N) is 8. The van der Waals surface area contributed by atoms with Crippen LogP contribution in [0.4, 0.5) is 0 Å². The molecule has 0 aliphatic heterocycles. The topological polar surface area (TPSA) is 87.2 Å². The van der Waals surface area contributed by atoms with Crippen LogP contribution >= 0.6 is 0 Å². The second kappa shape index (κ2) is 5.65. The van der Waals surface area contributed by atoms with Crippen molar-refractivity contribution in [3.8, 4) is 11.9 Å². The van der Waals surface area contributed by atoms with E-state index in [1.165, 1.54) is 12.7 Å². The second-order valence-electron chi connectivity index (χ2n) is 6.24. The fourth-order valence-electron chi connectivity index (χ4n) is 3.72. The van der Waals surface area contributed by atoms with Crippen LogP contribution in [-0.4, -0.2) is 39.0 Å². The molecule has 28 heavy (non-hydrogen) atoms. The van der Waals surface area contributed by atoms with Crippen LogP contribution in [0.3, 0.4) is 0 Å². The van der Waals surface area contributed by atoms with Crippen molar-refractivity contribution in [2.75, 3.05) is 0 Å². The number of rotatable bonds is 2. The highest BCUT2D eigenvalue weighted by atomic mass is 15.3. The van der Waals surface area contributed by atoms with Gasteiger partial charge >= 0.3 is 0 Å². The molecule has 0 aliphatic rings. The second-order valence-corrected chi connectivity index (χ2v) is 6.24. The number of benzene rings is 1. The molecule has 5 aromatic heterocycles. The smallest absolute Gasteiger partial charge is 0.238 e. The van der Waals surface area contributed by atoms with Crippen molar-refractivity contribution in [1.82, 2.24) is 39.0 Å². The minimum absolute atomic E-state index is 0.517. The van der Waals surface area contributed by atoms with Crippen LogP contribution in [0.5, 0.6) is 0 Å². The molecular weight excluding hydrogens is 352 g/mol. The third-order valence-corrected chi connectivity index (χ3v) is 4.76. The molecule has 0 N–H and O–H groups in total. The van der Waals surface area contributed by atoms with E-state index in [1.54, 1.807) is 24.7 Å². The Morgan fingerprint density at radius 2 is 1.29 bits per heavy atom. The van der Waals surface area contributed by atoms with Crippen molar-refractivity contribution in [2.24, 2.45) is 0 Å². The molecule has 132 valence electrons. The normalized spacial score (nSPS) is 11.6. The van der Waals surface area contributed by atoms with Gasteiger partial charge in [-0.25, -0.2) is 24.9 Å². The zero-order chi connectivity index (χ0) is 18.5. The van der Waals surface area contributed by atoms with Crippen molar-refractivity contribution in [1.29, 1.82) is 0 Å². The summed E-state index contributed by atoms with van der Waals surface area (Å²) in [4.78, 5) is 26.4. The minimum atomic E-state index is 0.517. The molecule has 0 saturated heterocycles. The molecule has 1 aromatic carbocycles. The lowest BCUT2D eigenvalue weighted by Gasteiger charge is -2.09. The van der Waals surface area contributed by atoms with Gasteiger partial charge in [-0.05, 0) is 24.3 Å². The molecule has 0 unspecified atom stereocenters. The van der Waals surface area contributed by atoms with E-state index in [4.69, 9.17) is 0 Å². The van der Waals surface area contributed by atoms with Crippen LogP contribution in [0.2, 0.25) is 0 Å². The summed E-state index contributed by atoms with van der Waals surface area (Å²) in [6.45, 7) is 0. The molecule has 5 heterocycles. The third kappa shape index (κ3) is 1.94. The maximum Gasteiger partial charge on any atom is 0.238 e. The molecule has 0 fully saturated rings. The maximum absolute atomic E-state index is 4.67. The van der Waals surface area contributed by atoms with Gasteiger partial charge in [0.2, 0.25) is 11.9 Å². The van der Waals surface area contributed by atoms with E-state index in [2.05, 4.69) is 42.0 Å². The minimum Gasteiger partial charge on any atom is -0.263 e. The zero-order valence-electron chi connectivity index (χ0n) is 14.5. The lowest BCUT2D eigenvalue weighted by Crippen LogP contribution is -2.07. The molecule has 0 saturated carbocycles. The highest BCUT2D eigenvalue weighted by Crippen LogP contribution is 2.38. The molecular formula is C20H12N8. The van der Waals surface area contributed by atoms with Crippen LogP contribution in [0, 0.1) is 0 Å². The summed E-state index contributed by atoms with van der Waals surface area (Å²) in [5.74, 6) is 1.09. The molecule has 8 heteroatoms. The summed E-state index contributed by atoms with van der Waals surface area (Å²) in [5.41, 5.74) is 3.65. The van der Waals surface area contributed by atoms with Crippen molar-refractivity contribution < 1.29 is 0 Å². The Hall–Kier alpha value is -4.20. The molecule has 0 radical (unpaired) electrons. The number of para-hydroxylation sites is 1. The number of hydrogen-bond donors (Lipinski definition) is 0. The number of fused-ring (bicyclic) bond motifs is 5. The van der Waals surface area contributed by atoms with E-state index in [9.17, 15) is 0 Å². The van der Waals surface area contributed by atoms with Crippen LogP contribution < -0.4 is 0 Å². The van der Waals surface area contributed by atoms with Crippen LogP contribution in [0.1, 0.15) is 0 Å². The maximum atomic E-state index is 4.67. The molecule has 0 aliphatic carbocycles. The van der Waals surface area contributed by atoms with Gasteiger partial charge in [-0.1, -0.05) is 18.2 Å². The van der Waals surface area contributed by atoms with Crippen molar-refractivity contribution in [3.63, 3.8) is 0 Å². The first kappa shape index (κ1) is 14.9. The van der Waals surface area contributed by atoms with Gasteiger partial charge < -0.3 is 0 Å². The van der Waals surface area contributed by atoms with E-state index < -0.39 is 0 Å². The molecule has 0 atom stereocenters. The number of aromatic nitrogens is 8. The predicted molar refractivity (Wildman–Crippen MR) is 104 cm³/mol. The molecule has 0 bridgehead atoms. The number of hydrogen-bond acceptors (Lipinski definition) is 6. The van der Waals surface area contributed by atoms with Crippen molar-refractivity contribution in [2.45, 2.75) is 0 Å². The summed E-state index contributed by atoms with van der Waals surface area (Å²) >= 11 is 0. The Balaban J connectivity index is 1.93. The Labute approximate surface area is 158 Å². The first-order chi connectivity index (χ1) is 13.9. The fourth-order valence-corrected chi connectivity index (χ4v) is 3.72. The van der Waals surface area contributed by atoms with Crippen LogP contribution in [0.15, 0.2) is 73.7 Å². The standard InChI is InChI=1S/C20H12N8/c1-2-6-14-13(5-1)16-17-15(7-3-8-22-17)28(20-25-11-21-12-26-20)18(16)27(14)19-23-9-4-10-24-19/h1-12H. The molecule has 0 amide bonds. The Bertz CT molecular complexity index is 1340. The van der Waals surface area contributed by atoms with Gasteiger partial charge in [0.05, 0.1) is 21.9 Å². The Morgan fingerprint density at radius 3 is 2.14 bits per heavy atom. The lowest BCUT2D eigenvalue weighted by atomic mass is 10.2. The fraction of sp³-hybridized carbons (Fsp3) is 0. The first-order valence-corrected chi connectivity index (χ1v) is 8.72. The summed E-state index contributed by atoms with van der Waals surface area (Å²) in [6, 6.07) is 13.9. The Kier molecular flexibility index (Phi) is 3.01.